The van der Waals surface area contributed by atoms with Gasteiger partial charge in [0.05, 0.1) is 62.5 Å². The summed E-state index contributed by atoms with van der Waals surface area (Å²) in [6.45, 7) is 13.4. The van der Waals surface area contributed by atoms with Gasteiger partial charge in [0.15, 0.2) is 0 Å². The van der Waals surface area contributed by atoms with Crippen molar-refractivity contribution in [3.8, 4) is 11.5 Å². The first kappa shape index (κ1) is 87.6. The van der Waals surface area contributed by atoms with Crippen LogP contribution >= 0.6 is 23.4 Å². The summed E-state index contributed by atoms with van der Waals surface area (Å²) in [5, 5.41) is 23.8. The Morgan fingerprint density at radius 1 is 0.804 bits per heavy atom. The molecule has 0 bridgehead atoms. The number of halogens is 1. The monoisotopic (exact) mass is 1590 g/mol. The van der Waals surface area contributed by atoms with Crippen molar-refractivity contribution in [3.63, 3.8) is 0 Å². The molecule has 2 aliphatic rings. The lowest BCUT2D eigenvalue weighted by molar-refractivity contribution is -0.139. The number of alkyl halides is 1. The number of alkyl carbamates (subject to hydrolysis) is 1. The van der Waals surface area contributed by atoms with Gasteiger partial charge >= 0.3 is 24.3 Å². The van der Waals surface area contributed by atoms with Gasteiger partial charge in [0.25, 0.3) is 11.8 Å². The molecule has 1 saturated heterocycles. The van der Waals surface area contributed by atoms with Crippen molar-refractivity contribution in [1.29, 1.82) is 0 Å². The molecule has 29 nitrogen and oxygen atoms in total. The summed E-state index contributed by atoms with van der Waals surface area (Å²) in [5.74, 6) is -2.46. The van der Waals surface area contributed by atoms with Crippen LogP contribution in [0.5, 0.6) is 11.5 Å². The van der Waals surface area contributed by atoms with Gasteiger partial charge in [0.2, 0.25) is 23.6 Å². The smallest absolute Gasteiger partial charge is 0.415 e. The highest BCUT2D eigenvalue weighted by Crippen LogP contribution is 2.48. The molecule has 31 heteroatoms. The number of primary amides is 1. The van der Waals surface area contributed by atoms with Gasteiger partial charge in [0.1, 0.15) is 48.1 Å². The number of aliphatic hydroxyl groups excluding tert-OH is 1. The Labute approximate surface area is 663 Å². The number of unbranched alkanes of at least 4 members (excludes halogenated alkanes) is 4. The van der Waals surface area contributed by atoms with Gasteiger partial charge in [-0.2, -0.15) is 0 Å². The van der Waals surface area contributed by atoms with Crippen LogP contribution in [-0.2, 0) is 44.7 Å². The SMILES string of the molecule is CCCCCC/C=C\Oc1ccc(C(=O)Nc2ccc3nc(C(=O)N4C[C@@H](CCl)c5c4cc(OC(=O)N(CCOCCO)CCN(C)C(=O)OCc4ccc(NC(=O)[C@H](CCCNC(N)=O)NC(=O)[C@@H](NC(=O)OCCOCCN6C(=O)CC(SC(C)(CCC)CCC)C6=O)C(C)C)cc4)c4cccc(C)c54)cn3c2)cc1. The van der Waals surface area contributed by atoms with Crippen LogP contribution in [0.1, 0.15) is 162 Å². The molecule has 112 heavy (non-hydrogen) atoms. The van der Waals surface area contributed by atoms with E-state index >= 15 is 0 Å². The lowest BCUT2D eigenvalue weighted by Gasteiger charge is -2.30. The predicted octanol–water partition coefficient (Wildman–Crippen LogP) is 11.8. The number of hydrogen-bond acceptors (Lipinski definition) is 19. The molecule has 606 valence electrons. The Morgan fingerprint density at radius 2 is 1.54 bits per heavy atom. The number of urea groups is 1. The van der Waals surface area contributed by atoms with Gasteiger partial charge in [0, 0.05) is 97.8 Å². The first-order chi connectivity index (χ1) is 53.9. The molecule has 8 rings (SSSR count). The molecule has 2 aliphatic heterocycles. The van der Waals surface area contributed by atoms with Crippen LogP contribution in [0.2, 0.25) is 0 Å². The summed E-state index contributed by atoms with van der Waals surface area (Å²) in [4.78, 5) is 145. The summed E-state index contributed by atoms with van der Waals surface area (Å²) >= 11 is 8.28. The van der Waals surface area contributed by atoms with Crippen molar-refractivity contribution in [1.82, 2.24) is 40.0 Å². The lowest BCUT2D eigenvalue weighted by Crippen LogP contribution is -2.54. The minimum absolute atomic E-state index is 0.00222. The number of nitrogens with zero attached hydrogens (tertiary/aromatic N) is 6. The van der Waals surface area contributed by atoms with Crippen molar-refractivity contribution in [2.24, 2.45) is 11.7 Å². The standard InChI is InChI=1S/C81H107ClN12O17S/c1-9-12-13-14-15-16-40-108-60-29-24-56(25-30-60)72(97)86-59-28-31-67-87-63(51-92(67)50-59)75(100)94-49-57(48-82)70-64(94)46-65(61-20-17-19-54(6)69(61)70)111-80(105)91(37-41-106-43-39-95)36-35-90(8)79(104)110-52-55-22-26-58(27-23-55)85-73(98)62(21-18-34-84-77(83)102)88-74(99)71(53(4)5)89-78(103)109-45-44-107-42-38-93-68(96)47-66(76(93)101)112-81(7,32-10-2)33-11-3/h16-17,19-20,22-31,40,46,50-51,53,57,62,66,71,95H,9-15,18,21,32-39,41-45,47-49,52H2,1-8H3,(H,85,98)(H,86,97)(H,88,99)(H,89,103)(H3,83,84,102)/b40-16-/t57-,62+,66?,71+/m1/s1. The summed E-state index contributed by atoms with van der Waals surface area (Å²) in [6, 6.07) is 20.7. The molecular formula is C81H107ClN12O17S. The van der Waals surface area contributed by atoms with Crippen molar-refractivity contribution in [2.45, 2.75) is 160 Å². The number of rotatable bonds is 44. The highest BCUT2D eigenvalue weighted by molar-refractivity contribution is 8.02. The number of imide groups is 1. The number of aryl methyl sites for hydroxylation is 1. The largest absolute Gasteiger partial charge is 0.465 e. The number of anilines is 3. The van der Waals surface area contributed by atoms with Gasteiger partial charge < -0.3 is 84.9 Å². The highest BCUT2D eigenvalue weighted by atomic mass is 35.5. The molecule has 6 aromatic rings. The Balaban J connectivity index is 0.839. The molecule has 4 heterocycles. The number of likely N-dealkylation sites (N-methyl/N-ethyl adjacent to an activating group) is 1. The van der Waals surface area contributed by atoms with Crippen molar-refractivity contribution < 1.29 is 81.5 Å². The number of pyridine rings is 1. The molecular weight excluding hydrogens is 1480 g/mol. The van der Waals surface area contributed by atoms with Gasteiger partial charge in [-0.15, -0.1) is 23.4 Å². The number of nitrogens with two attached hydrogens (primary N) is 1. The van der Waals surface area contributed by atoms with Crippen LogP contribution in [0.25, 0.3) is 16.4 Å². The number of aliphatic hydroxyl groups is 1. The molecule has 4 atom stereocenters. The number of carbonyl (C=O) groups is 10. The molecule has 0 radical (unpaired) electrons. The number of carbonyl (C=O) groups excluding carboxylic acids is 10. The Bertz CT molecular complexity index is 4230. The van der Waals surface area contributed by atoms with E-state index < -0.39 is 65.3 Å². The number of amides is 11. The van der Waals surface area contributed by atoms with Gasteiger partial charge in [-0.3, -0.25) is 33.7 Å². The van der Waals surface area contributed by atoms with E-state index in [-0.39, 0.29) is 150 Å². The fraction of sp³-hybridized carbons (Fsp3) is 0.494. The maximum atomic E-state index is 14.8. The average Bonchev–Trinajstić information content (AvgIpc) is 1.54. The molecule has 8 N–H and O–H groups in total. The molecule has 0 spiro atoms. The molecule has 1 fully saturated rings. The summed E-state index contributed by atoms with van der Waals surface area (Å²) < 4.78 is 35.7. The van der Waals surface area contributed by atoms with E-state index in [2.05, 4.69) is 59.3 Å². The van der Waals surface area contributed by atoms with E-state index in [1.54, 1.807) is 120 Å². The zero-order valence-corrected chi connectivity index (χ0v) is 66.8. The molecule has 11 amide bonds. The fourth-order valence-electron chi connectivity index (χ4n) is 13.3. The summed E-state index contributed by atoms with van der Waals surface area (Å²) in [6.07, 6.45) is 14.3. The average molecular weight is 1590 g/mol. The van der Waals surface area contributed by atoms with Crippen LogP contribution in [0.4, 0.5) is 36.2 Å². The third-order valence-corrected chi connectivity index (χ3v) is 21.2. The van der Waals surface area contributed by atoms with Crippen LogP contribution < -0.4 is 46.7 Å². The van der Waals surface area contributed by atoms with Crippen molar-refractivity contribution in [3.05, 3.63) is 138 Å². The second-order valence-corrected chi connectivity index (χ2v) is 30.4. The zero-order valence-electron chi connectivity index (χ0n) is 65.2. The van der Waals surface area contributed by atoms with Crippen molar-refractivity contribution in [2.75, 3.05) is 107 Å². The van der Waals surface area contributed by atoms with Gasteiger partial charge in [-0.05, 0) is 128 Å². The molecule has 1 unspecified atom stereocenters. The van der Waals surface area contributed by atoms with Gasteiger partial charge in [-0.1, -0.05) is 104 Å². The maximum Gasteiger partial charge on any atom is 0.415 e. The maximum absolute atomic E-state index is 14.8. The van der Waals surface area contributed by atoms with E-state index in [1.807, 2.05) is 31.2 Å². The first-order valence-electron chi connectivity index (χ1n) is 38.3. The summed E-state index contributed by atoms with van der Waals surface area (Å²) in [7, 11) is 1.50. The fourth-order valence-corrected chi connectivity index (χ4v) is 15.4. The predicted molar refractivity (Wildman–Crippen MR) is 429 cm³/mol. The molecule has 0 aliphatic carbocycles. The second-order valence-electron chi connectivity index (χ2n) is 28.3. The third-order valence-electron chi connectivity index (χ3n) is 19.2. The lowest BCUT2D eigenvalue weighted by atomic mass is 9.92. The molecule has 2 aromatic heterocycles. The Hall–Kier alpha value is -10.0. The molecule has 0 saturated carbocycles. The van der Waals surface area contributed by atoms with E-state index in [0.717, 1.165) is 55.0 Å². The Morgan fingerprint density at radius 3 is 2.25 bits per heavy atom. The molecule has 4 aromatic carbocycles. The second kappa shape index (κ2) is 43.7. The van der Waals surface area contributed by atoms with E-state index in [4.69, 9.17) is 45.8 Å². The highest BCUT2D eigenvalue weighted by Gasteiger charge is 2.43. The number of ether oxygens (including phenoxy) is 6. The van der Waals surface area contributed by atoms with Gasteiger partial charge in [-0.25, -0.2) is 24.2 Å². The number of thioether (sulfide) groups is 1. The number of allylic oxidation sites excluding steroid dienone is 1. The number of likely N-dealkylation sites (tertiary alicyclic amines) is 1. The number of aromatic nitrogens is 2. The number of imidazole rings is 1. The third kappa shape index (κ3) is 25.2. The summed E-state index contributed by atoms with van der Waals surface area (Å²) in [5.41, 5.74) is 9.69. The van der Waals surface area contributed by atoms with E-state index in [9.17, 15) is 53.1 Å². The van der Waals surface area contributed by atoms with Crippen molar-refractivity contribution >= 4 is 117 Å². The number of nitrogens with one attached hydrogen (secondary N) is 5. The van der Waals surface area contributed by atoms with Crippen LogP contribution in [0, 0.1) is 12.8 Å². The quantitative estimate of drug-likeness (QED) is 0.00808. The zero-order chi connectivity index (χ0) is 80.9. The minimum Gasteiger partial charge on any atom is -0.465 e. The van der Waals surface area contributed by atoms with E-state index in [0.29, 0.717) is 45.0 Å². The van der Waals surface area contributed by atoms with Crippen LogP contribution in [0.15, 0.2) is 110 Å². The first-order valence-corrected chi connectivity index (χ1v) is 39.7. The number of hydrogen-bond donors (Lipinski definition) is 7. The topological polar surface area (TPSA) is 363 Å². The Kier molecular flexibility index (Phi) is 34.2. The van der Waals surface area contributed by atoms with E-state index in [1.165, 1.54) is 41.0 Å². The minimum atomic E-state index is -1.17. The van der Waals surface area contributed by atoms with Crippen LogP contribution in [0.3, 0.4) is 0 Å². The van der Waals surface area contributed by atoms with Crippen LogP contribution in [-0.4, -0.2) is 203 Å². The number of fused-ring (bicyclic) bond motifs is 4. The normalized spacial score (nSPS) is 14.6. The number of benzene rings is 4.